The minimum atomic E-state index is -0.270. The first kappa shape index (κ1) is 13.1. The highest BCUT2D eigenvalue weighted by Crippen LogP contribution is 2.22. The Labute approximate surface area is 124 Å². The number of aryl methyl sites for hydroxylation is 1. The summed E-state index contributed by atoms with van der Waals surface area (Å²) in [5.74, 6) is -0.270. The van der Waals surface area contributed by atoms with Gasteiger partial charge in [-0.25, -0.2) is 4.39 Å². The van der Waals surface area contributed by atoms with E-state index < -0.39 is 0 Å². The molecule has 0 bridgehead atoms. The Bertz CT molecular complexity index is 767. The number of nitrogens with zero attached hydrogens (tertiary/aromatic N) is 2. The zero-order valence-electron chi connectivity index (χ0n) is 10.9. The van der Waals surface area contributed by atoms with Gasteiger partial charge in [-0.1, -0.05) is 34.1 Å². The molecule has 0 saturated carbocycles. The van der Waals surface area contributed by atoms with Gasteiger partial charge in [-0.05, 0) is 24.3 Å². The molecule has 1 aromatic heterocycles. The number of halogens is 2. The maximum Gasteiger partial charge on any atom is 0.146 e. The molecule has 102 valence electrons. The fourth-order valence-electron chi connectivity index (χ4n) is 2.23. The van der Waals surface area contributed by atoms with Gasteiger partial charge in [0.05, 0.1) is 23.4 Å². The second-order valence-corrected chi connectivity index (χ2v) is 5.48. The number of hydrogen-bond donors (Lipinski definition) is 1. The smallest absolute Gasteiger partial charge is 0.146 e. The molecule has 3 aromatic rings. The van der Waals surface area contributed by atoms with Crippen molar-refractivity contribution in [2.45, 2.75) is 6.54 Å². The van der Waals surface area contributed by atoms with Crippen LogP contribution < -0.4 is 5.32 Å². The van der Waals surface area contributed by atoms with Crippen molar-refractivity contribution in [1.82, 2.24) is 9.78 Å². The Kier molecular flexibility index (Phi) is 3.44. The lowest BCUT2D eigenvalue weighted by atomic mass is 10.2. The summed E-state index contributed by atoms with van der Waals surface area (Å²) in [4.78, 5) is 0. The zero-order chi connectivity index (χ0) is 14.1. The van der Waals surface area contributed by atoms with Gasteiger partial charge in [0.25, 0.3) is 0 Å². The average molecular weight is 334 g/mol. The number of rotatable bonds is 3. The lowest BCUT2D eigenvalue weighted by Gasteiger charge is -2.06. The number of hydrogen-bond acceptors (Lipinski definition) is 2. The van der Waals surface area contributed by atoms with Gasteiger partial charge in [-0.3, -0.25) is 4.68 Å². The van der Waals surface area contributed by atoms with Crippen LogP contribution in [0.2, 0.25) is 0 Å². The molecule has 1 N–H and O–H groups in total. The van der Waals surface area contributed by atoms with Gasteiger partial charge < -0.3 is 5.32 Å². The predicted octanol–water partition coefficient (Wildman–Crippen LogP) is 4.09. The van der Waals surface area contributed by atoms with E-state index in [4.69, 9.17) is 0 Å². The first-order valence-electron chi connectivity index (χ1n) is 6.24. The lowest BCUT2D eigenvalue weighted by Crippen LogP contribution is -2.03. The molecule has 0 atom stereocenters. The molecule has 0 radical (unpaired) electrons. The molecule has 2 aromatic carbocycles. The van der Waals surface area contributed by atoms with Gasteiger partial charge in [-0.15, -0.1) is 0 Å². The Morgan fingerprint density at radius 2 is 2.05 bits per heavy atom. The minimum Gasteiger partial charge on any atom is -0.377 e. The third kappa shape index (κ3) is 2.41. The molecule has 0 spiro atoms. The summed E-state index contributed by atoms with van der Waals surface area (Å²) >= 11 is 3.34. The highest BCUT2D eigenvalue weighted by molar-refractivity contribution is 9.10. The summed E-state index contributed by atoms with van der Waals surface area (Å²) in [6.45, 7) is 0.481. The first-order valence-corrected chi connectivity index (χ1v) is 7.04. The van der Waals surface area contributed by atoms with Crippen molar-refractivity contribution in [2.75, 3.05) is 5.32 Å². The first-order chi connectivity index (χ1) is 9.65. The molecule has 0 saturated heterocycles. The molecule has 0 aliphatic carbocycles. The Hall–Kier alpha value is -1.88. The van der Waals surface area contributed by atoms with E-state index in [1.54, 1.807) is 12.1 Å². The topological polar surface area (TPSA) is 29.9 Å². The number of para-hydroxylation sites is 1. The van der Waals surface area contributed by atoms with E-state index in [2.05, 4.69) is 26.3 Å². The number of nitrogens with one attached hydrogen (secondary N) is 1. The second-order valence-electron chi connectivity index (χ2n) is 4.57. The number of fused-ring (bicyclic) bond motifs is 1. The van der Waals surface area contributed by atoms with Gasteiger partial charge in [-0.2, -0.15) is 5.10 Å². The van der Waals surface area contributed by atoms with E-state index >= 15 is 0 Å². The molecular formula is C15H13BrFN3. The van der Waals surface area contributed by atoms with Crippen molar-refractivity contribution in [3.63, 3.8) is 0 Å². The highest BCUT2D eigenvalue weighted by Gasteiger charge is 2.09. The van der Waals surface area contributed by atoms with Crippen LogP contribution in [0.5, 0.6) is 0 Å². The third-order valence-electron chi connectivity index (χ3n) is 3.21. The largest absolute Gasteiger partial charge is 0.377 e. The fraction of sp³-hybridized carbons (Fsp3) is 0.133. The molecule has 0 aliphatic rings. The predicted molar refractivity (Wildman–Crippen MR) is 82.1 cm³/mol. The van der Waals surface area contributed by atoms with Crippen molar-refractivity contribution in [2.24, 2.45) is 7.05 Å². The molecule has 5 heteroatoms. The third-order valence-corrected chi connectivity index (χ3v) is 3.70. The number of benzene rings is 2. The molecule has 3 nitrogen and oxygen atoms in total. The van der Waals surface area contributed by atoms with Crippen molar-refractivity contribution in [1.29, 1.82) is 0 Å². The van der Waals surface area contributed by atoms with Gasteiger partial charge in [0.2, 0.25) is 0 Å². The molecule has 0 unspecified atom stereocenters. The van der Waals surface area contributed by atoms with E-state index in [-0.39, 0.29) is 5.82 Å². The maximum absolute atomic E-state index is 13.7. The van der Waals surface area contributed by atoms with Crippen LogP contribution in [0, 0.1) is 5.82 Å². The number of aromatic nitrogens is 2. The number of anilines is 1. The monoisotopic (exact) mass is 333 g/mol. The quantitative estimate of drug-likeness (QED) is 0.782. The van der Waals surface area contributed by atoms with Crippen LogP contribution >= 0.6 is 15.9 Å². The van der Waals surface area contributed by atoms with Crippen molar-refractivity contribution >= 4 is 32.5 Å². The fourth-order valence-corrected chi connectivity index (χ4v) is 2.59. The molecule has 20 heavy (non-hydrogen) atoms. The summed E-state index contributed by atoms with van der Waals surface area (Å²) in [6, 6.07) is 12.8. The summed E-state index contributed by atoms with van der Waals surface area (Å²) in [5, 5.41) is 8.65. The van der Waals surface area contributed by atoms with Crippen molar-refractivity contribution < 1.29 is 4.39 Å². The minimum absolute atomic E-state index is 0.270. The van der Waals surface area contributed by atoms with Crippen LogP contribution in [0.4, 0.5) is 10.1 Å². The summed E-state index contributed by atoms with van der Waals surface area (Å²) < 4.78 is 16.4. The second kappa shape index (κ2) is 5.25. The zero-order valence-corrected chi connectivity index (χ0v) is 12.5. The highest BCUT2D eigenvalue weighted by atomic mass is 79.9. The normalized spacial score (nSPS) is 10.9. The van der Waals surface area contributed by atoms with E-state index in [0.717, 1.165) is 21.1 Å². The average Bonchev–Trinajstić information content (AvgIpc) is 2.77. The van der Waals surface area contributed by atoms with Crippen LogP contribution in [-0.2, 0) is 13.6 Å². The van der Waals surface area contributed by atoms with Gasteiger partial charge in [0.15, 0.2) is 0 Å². The standard InChI is InChI=1S/C15H13BrFN3/c1-20-15-5-3-2-4-11(15)14(19-20)9-18-13-8-10(16)6-7-12(13)17/h2-8,18H,9H2,1H3. The molecular weight excluding hydrogens is 321 g/mol. The SMILES string of the molecule is Cn1nc(CNc2cc(Br)ccc2F)c2ccccc21. The van der Waals surface area contributed by atoms with E-state index in [0.29, 0.717) is 12.2 Å². The van der Waals surface area contributed by atoms with Crippen molar-refractivity contribution in [3.05, 3.63) is 58.4 Å². The molecule has 0 aliphatic heterocycles. The van der Waals surface area contributed by atoms with Gasteiger partial charge >= 0.3 is 0 Å². The molecule has 0 amide bonds. The van der Waals surface area contributed by atoms with Crippen LogP contribution in [-0.4, -0.2) is 9.78 Å². The Balaban J connectivity index is 1.89. The summed E-state index contributed by atoms with van der Waals surface area (Å²) in [6.07, 6.45) is 0. The van der Waals surface area contributed by atoms with Crippen LogP contribution in [0.25, 0.3) is 10.9 Å². The van der Waals surface area contributed by atoms with E-state index in [9.17, 15) is 4.39 Å². The van der Waals surface area contributed by atoms with E-state index in [1.807, 2.05) is 36.0 Å². The molecule has 0 fully saturated rings. The maximum atomic E-state index is 13.7. The Morgan fingerprint density at radius 1 is 1.25 bits per heavy atom. The van der Waals surface area contributed by atoms with Crippen LogP contribution in [0.3, 0.4) is 0 Å². The molecule has 1 heterocycles. The van der Waals surface area contributed by atoms with Crippen LogP contribution in [0.15, 0.2) is 46.9 Å². The Morgan fingerprint density at radius 3 is 2.90 bits per heavy atom. The van der Waals surface area contributed by atoms with Gasteiger partial charge in [0.1, 0.15) is 5.82 Å². The van der Waals surface area contributed by atoms with Gasteiger partial charge in [0, 0.05) is 16.9 Å². The van der Waals surface area contributed by atoms with Crippen molar-refractivity contribution in [3.8, 4) is 0 Å². The lowest BCUT2D eigenvalue weighted by molar-refractivity contribution is 0.629. The summed E-state index contributed by atoms with van der Waals surface area (Å²) in [5.41, 5.74) is 2.44. The van der Waals surface area contributed by atoms with Crippen LogP contribution in [0.1, 0.15) is 5.69 Å². The van der Waals surface area contributed by atoms with E-state index in [1.165, 1.54) is 6.07 Å². The summed E-state index contributed by atoms with van der Waals surface area (Å²) in [7, 11) is 1.91. The molecule has 3 rings (SSSR count).